The minimum atomic E-state index is -0.565. The molecule has 5 rings (SSSR count). The summed E-state index contributed by atoms with van der Waals surface area (Å²) in [5.74, 6) is -0.0986. The molecule has 21 heavy (non-hydrogen) atoms. The number of hydrogen-bond acceptors (Lipinski definition) is 3. The van der Waals surface area contributed by atoms with Gasteiger partial charge in [-0.1, -0.05) is 18.2 Å². The second-order valence-corrected chi connectivity index (χ2v) is 5.45. The van der Waals surface area contributed by atoms with Crippen LogP contribution in [-0.4, -0.2) is 31.8 Å². The van der Waals surface area contributed by atoms with E-state index in [0.29, 0.717) is 18.5 Å². The number of fused-ring (bicyclic) bond motifs is 2. The second-order valence-electron chi connectivity index (χ2n) is 5.45. The van der Waals surface area contributed by atoms with Crippen LogP contribution in [0.1, 0.15) is 25.0 Å². The standard InChI is InChI=1S/C14H14N4O3/c1-15-11-8-7-10(12(15)19)17-13(20)16(14(21)18(11)17)9-5-3-2-4-6-9/h2-6,10-11H,7-8H2,1H3. The van der Waals surface area contributed by atoms with E-state index >= 15 is 0 Å². The third-order valence-electron chi connectivity index (χ3n) is 4.38. The van der Waals surface area contributed by atoms with E-state index < -0.39 is 11.7 Å². The summed E-state index contributed by atoms with van der Waals surface area (Å²) < 4.78 is 3.88. The van der Waals surface area contributed by atoms with Crippen LogP contribution < -0.4 is 11.4 Å². The van der Waals surface area contributed by atoms with Crippen molar-refractivity contribution in [3.05, 3.63) is 51.3 Å². The van der Waals surface area contributed by atoms with Gasteiger partial charge in [-0.2, -0.15) is 0 Å². The lowest BCUT2D eigenvalue weighted by Crippen LogP contribution is -2.55. The van der Waals surface area contributed by atoms with Gasteiger partial charge in [0.15, 0.2) is 0 Å². The van der Waals surface area contributed by atoms with E-state index in [0.717, 1.165) is 4.57 Å². The van der Waals surface area contributed by atoms with E-state index in [-0.39, 0.29) is 17.8 Å². The van der Waals surface area contributed by atoms with Crippen LogP contribution in [0.15, 0.2) is 39.9 Å². The maximum atomic E-state index is 12.6. The first-order valence-corrected chi connectivity index (χ1v) is 6.89. The molecule has 7 nitrogen and oxygen atoms in total. The molecule has 3 aliphatic heterocycles. The third-order valence-corrected chi connectivity index (χ3v) is 4.38. The topological polar surface area (TPSA) is 69.2 Å². The van der Waals surface area contributed by atoms with E-state index in [1.165, 1.54) is 9.36 Å². The van der Waals surface area contributed by atoms with Crippen molar-refractivity contribution < 1.29 is 4.79 Å². The molecule has 108 valence electrons. The molecule has 0 aliphatic carbocycles. The Morgan fingerprint density at radius 3 is 2.33 bits per heavy atom. The predicted octanol–water partition coefficient (Wildman–Crippen LogP) is 0.106. The average molecular weight is 286 g/mol. The molecule has 1 aromatic carbocycles. The van der Waals surface area contributed by atoms with Crippen LogP contribution in [0.25, 0.3) is 5.69 Å². The van der Waals surface area contributed by atoms with Gasteiger partial charge in [0.25, 0.3) is 0 Å². The van der Waals surface area contributed by atoms with Gasteiger partial charge in [0, 0.05) is 7.05 Å². The summed E-state index contributed by atoms with van der Waals surface area (Å²) in [5.41, 5.74) is -0.306. The van der Waals surface area contributed by atoms with Crippen LogP contribution in [0.4, 0.5) is 0 Å². The van der Waals surface area contributed by atoms with Crippen molar-refractivity contribution in [1.82, 2.24) is 18.8 Å². The Morgan fingerprint density at radius 2 is 1.62 bits per heavy atom. The van der Waals surface area contributed by atoms with Gasteiger partial charge in [0.05, 0.1) is 5.69 Å². The highest BCUT2D eigenvalue weighted by Crippen LogP contribution is 2.35. The van der Waals surface area contributed by atoms with E-state index in [2.05, 4.69) is 0 Å². The summed E-state index contributed by atoms with van der Waals surface area (Å²) in [6, 6.07) is 8.22. The molecule has 4 heterocycles. The van der Waals surface area contributed by atoms with Crippen molar-refractivity contribution in [1.29, 1.82) is 0 Å². The molecule has 1 saturated heterocycles. The van der Waals surface area contributed by atoms with Crippen molar-refractivity contribution in [2.45, 2.75) is 25.0 Å². The Labute approximate surface area is 119 Å². The number of para-hydroxylation sites is 1. The number of piperidine rings is 1. The Hall–Kier alpha value is -2.57. The lowest BCUT2D eigenvalue weighted by Gasteiger charge is -2.43. The van der Waals surface area contributed by atoms with Crippen molar-refractivity contribution in [2.24, 2.45) is 0 Å². The summed E-state index contributed by atoms with van der Waals surface area (Å²) in [7, 11) is 1.68. The molecule has 2 bridgehead atoms. The molecule has 1 fully saturated rings. The normalized spacial score (nSPS) is 23.5. The fourth-order valence-electron chi connectivity index (χ4n) is 3.34. The maximum absolute atomic E-state index is 12.6. The Kier molecular flexibility index (Phi) is 2.30. The van der Waals surface area contributed by atoms with Crippen LogP contribution in [0.5, 0.6) is 0 Å². The lowest BCUT2D eigenvalue weighted by molar-refractivity contribution is -0.149. The summed E-state index contributed by atoms with van der Waals surface area (Å²) in [5, 5.41) is 0. The number of rotatable bonds is 1. The highest BCUT2D eigenvalue weighted by molar-refractivity contribution is 5.81. The van der Waals surface area contributed by atoms with Gasteiger partial charge in [-0.25, -0.2) is 23.5 Å². The smallest absolute Gasteiger partial charge is 0.322 e. The molecule has 0 saturated carbocycles. The zero-order valence-corrected chi connectivity index (χ0v) is 11.5. The van der Waals surface area contributed by atoms with Crippen molar-refractivity contribution >= 4 is 5.91 Å². The molecule has 1 aromatic heterocycles. The first kappa shape index (κ1) is 12.2. The van der Waals surface area contributed by atoms with Gasteiger partial charge in [0.1, 0.15) is 12.2 Å². The molecular weight excluding hydrogens is 272 g/mol. The monoisotopic (exact) mass is 286 g/mol. The number of carbonyl (C=O) groups is 1. The molecule has 2 atom stereocenters. The summed E-state index contributed by atoms with van der Waals surface area (Å²) >= 11 is 0. The van der Waals surface area contributed by atoms with Crippen LogP contribution in [0.2, 0.25) is 0 Å². The molecule has 0 radical (unpaired) electrons. The predicted molar refractivity (Wildman–Crippen MR) is 74.4 cm³/mol. The largest absolute Gasteiger partial charge is 0.353 e. The number of benzene rings is 1. The van der Waals surface area contributed by atoms with E-state index in [9.17, 15) is 14.4 Å². The molecule has 0 spiro atoms. The quantitative estimate of drug-likeness (QED) is 0.747. The maximum Gasteiger partial charge on any atom is 0.353 e. The van der Waals surface area contributed by atoms with E-state index in [1.54, 1.807) is 36.2 Å². The molecule has 7 heteroatoms. The SMILES string of the molecule is CN1C(=O)C2CCC1n1c(=O)n(-c3ccccc3)c(=O)n12. The Balaban J connectivity index is 2.04. The molecule has 1 amide bonds. The highest BCUT2D eigenvalue weighted by atomic mass is 16.2. The number of carbonyl (C=O) groups excluding carboxylic acids is 1. The van der Waals surface area contributed by atoms with Crippen LogP contribution in [-0.2, 0) is 4.79 Å². The van der Waals surface area contributed by atoms with Gasteiger partial charge in [0.2, 0.25) is 5.91 Å². The van der Waals surface area contributed by atoms with E-state index in [4.69, 9.17) is 0 Å². The first-order chi connectivity index (χ1) is 10.1. The Morgan fingerprint density at radius 1 is 0.952 bits per heavy atom. The first-order valence-electron chi connectivity index (χ1n) is 6.89. The molecular formula is C14H14N4O3. The van der Waals surface area contributed by atoms with Gasteiger partial charge >= 0.3 is 11.4 Å². The van der Waals surface area contributed by atoms with Gasteiger partial charge in [-0.3, -0.25) is 4.79 Å². The average Bonchev–Trinajstić information content (AvgIpc) is 2.78. The third kappa shape index (κ3) is 1.40. The molecule has 0 N–H and O–H groups in total. The number of amides is 1. The summed E-state index contributed by atoms with van der Waals surface area (Å²) in [6.45, 7) is 0. The van der Waals surface area contributed by atoms with Gasteiger partial charge in [-0.15, -0.1) is 0 Å². The summed E-state index contributed by atoms with van der Waals surface area (Å²) in [4.78, 5) is 39.0. The van der Waals surface area contributed by atoms with Crippen LogP contribution in [0.3, 0.4) is 0 Å². The van der Waals surface area contributed by atoms with E-state index in [1.807, 2.05) is 6.07 Å². The zero-order valence-electron chi connectivity index (χ0n) is 11.5. The fraction of sp³-hybridized carbons (Fsp3) is 0.357. The van der Waals surface area contributed by atoms with Crippen molar-refractivity contribution in [3.8, 4) is 5.69 Å². The van der Waals surface area contributed by atoms with Gasteiger partial charge in [-0.05, 0) is 25.0 Å². The molecule has 2 aromatic rings. The minimum absolute atomic E-state index is 0.0986. The minimum Gasteiger partial charge on any atom is -0.322 e. The Bertz CT molecular complexity index is 845. The van der Waals surface area contributed by atoms with Crippen molar-refractivity contribution in [2.75, 3.05) is 7.05 Å². The molecule has 2 unspecified atom stereocenters. The summed E-state index contributed by atoms with van der Waals surface area (Å²) in [6.07, 6.45) is 0.935. The van der Waals surface area contributed by atoms with Crippen LogP contribution >= 0.6 is 0 Å². The van der Waals surface area contributed by atoms with Crippen LogP contribution in [0, 0.1) is 0 Å². The van der Waals surface area contributed by atoms with Crippen molar-refractivity contribution in [3.63, 3.8) is 0 Å². The number of likely N-dealkylation sites (N-methyl/N-ethyl adjacent to an activating group) is 1. The number of hydrogen-bond donors (Lipinski definition) is 0. The zero-order chi connectivity index (χ0) is 14.7. The highest BCUT2D eigenvalue weighted by Gasteiger charge is 2.45. The van der Waals surface area contributed by atoms with Gasteiger partial charge < -0.3 is 4.90 Å². The second kappa shape index (κ2) is 3.97. The fourth-order valence-corrected chi connectivity index (χ4v) is 3.34. The number of nitrogens with zero attached hydrogens (tertiary/aromatic N) is 4. The lowest BCUT2D eigenvalue weighted by atomic mass is 10.0. The number of aromatic nitrogens is 3. The molecule has 3 aliphatic rings.